The Morgan fingerprint density at radius 1 is 1.30 bits per heavy atom. The third kappa shape index (κ3) is 7.18. The zero-order chi connectivity index (χ0) is 17.1. The largest absolute Gasteiger partial charge is 0.388 e. The van der Waals surface area contributed by atoms with Crippen molar-refractivity contribution in [3.63, 3.8) is 0 Å². The lowest BCUT2D eigenvalue weighted by molar-refractivity contribution is -0.117. The molecular weight excluding hydrogens is 312 g/mol. The molecule has 124 valence electrons. The summed E-state index contributed by atoms with van der Waals surface area (Å²) in [6, 6.07) is 9.11. The molecule has 1 rings (SSSR count). The van der Waals surface area contributed by atoms with Crippen LogP contribution in [0.25, 0.3) is 0 Å². The van der Waals surface area contributed by atoms with E-state index >= 15 is 0 Å². The molecule has 0 bridgehead atoms. The molecule has 0 aliphatic carbocycles. The van der Waals surface area contributed by atoms with E-state index in [0.29, 0.717) is 18.1 Å². The normalized spacial score (nSPS) is 11.2. The van der Waals surface area contributed by atoms with E-state index in [4.69, 9.17) is 16.9 Å². The first-order chi connectivity index (χ1) is 11.1. The van der Waals surface area contributed by atoms with Crippen LogP contribution in [0.2, 0.25) is 5.02 Å². The minimum absolute atomic E-state index is 0.0681. The zero-order valence-corrected chi connectivity index (χ0v) is 14.4. The zero-order valence-electron chi connectivity index (χ0n) is 13.6. The van der Waals surface area contributed by atoms with Gasteiger partial charge < -0.3 is 15.5 Å². The first-order valence-corrected chi connectivity index (χ1v) is 8.07. The minimum atomic E-state index is -0.391. The second kappa shape index (κ2) is 10.7. The van der Waals surface area contributed by atoms with Gasteiger partial charge in [0.1, 0.15) is 11.6 Å². The van der Waals surface area contributed by atoms with Crippen LogP contribution in [-0.4, -0.2) is 37.0 Å². The minimum Gasteiger partial charge on any atom is -0.388 e. The van der Waals surface area contributed by atoms with Crippen molar-refractivity contribution in [1.29, 1.82) is 5.26 Å². The maximum absolute atomic E-state index is 12.0. The summed E-state index contributed by atoms with van der Waals surface area (Å²) in [4.78, 5) is 14.2. The Balaban J connectivity index is 2.43. The van der Waals surface area contributed by atoms with Gasteiger partial charge in [-0.2, -0.15) is 5.26 Å². The van der Waals surface area contributed by atoms with Gasteiger partial charge in [-0.1, -0.05) is 37.6 Å². The van der Waals surface area contributed by atoms with Gasteiger partial charge in [-0.3, -0.25) is 4.79 Å². The summed E-state index contributed by atoms with van der Waals surface area (Å²) < 4.78 is 0. The van der Waals surface area contributed by atoms with Crippen molar-refractivity contribution in [3.8, 4) is 6.07 Å². The van der Waals surface area contributed by atoms with E-state index in [-0.39, 0.29) is 5.57 Å². The third-order valence-corrected chi connectivity index (χ3v) is 3.70. The molecule has 0 fully saturated rings. The maximum atomic E-state index is 12.0. The number of nitrogens with zero attached hydrogens (tertiary/aromatic N) is 2. The number of hydrogen-bond donors (Lipinski definition) is 2. The number of benzene rings is 1. The van der Waals surface area contributed by atoms with Gasteiger partial charge in [-0.15, -0.1) is 0 Å². The van der Waals surface area contributed by atoms with Gasteiger partial charge in [0.25, 0.3) is 5.91 Å². The Morgan fingerprint density at radius 2 is 1.96 bits per heavy atom. The maximum Gasteiger partial charge on any atom is 0.263 e. The lowest BCUT2D eigenvalue weighted by atomic mass is 10.2. The summed E-state index contributed by atoms with van der Waals surface area (Å²) in [7, 11) is 0. The van der Waals surface area contributed by atoms with Crippen molar-refractivity contribution in [2.75, 3.05) is 26.2 Å². The van der Waals surface area contributed by atoms with Gasteiger partial charge in [0.05, 0.1) is 0 Å². The number of nitriles is 1. The SMILES string of the molecule is CCN(CC)CCN/C=C(/C#N)C(=O)NCc1ccc(Cl)cc1. The monoisotopic (exact) mass is 334 g/mol. The molecule has 1 aromatic carbocycles. The van der Waals surface area contributed by atoms with Crippen molar-refractivity contribution in [1.82, 2.24) is 15.5 Å². The second-order valence-corrected chi connectivity index (χ2v) is 5.40. The number of nitrogens with one attached hydrogen (secondary N) is 2. The van der Waals surface area contributed by atoms with Crippen molar-refractivity contribution in [2.45, 2.75) is 20.4 Å². The topological polar surface area (TPSA) is 68.2 Å². The van der Waals surface area contributed by atoms with Crippen LogP contribution in [0.5, 0.6) is 0 Å². The number of hydrogen-bond acceptors (Lipinski definition) is 4. The van der Waals surface area contributed by atoms with Crippen molar-refractivity contribution in [2.24, 2.45) is 0 Å². The van der Waals surface area contributed by atoms with E-state index in [1.807, 2.05) is 18.2 Å². The van der Waals surface area contributed by atoms with Crippen molar-refractivity contribution < 1.29 is 4.79 Å². The summed E-state index contributed by atoms with van der Waals surface area (Å²) in [5.41, 5.74) is 0.994. The van der Waals surface area contributed by atoms with Crippen molar-refractivity contribution in [3.05, 3.63) is 46.6 Å². The molecule has 2 N–H and O–H groups in total. The Labute approximate surface area is 142 Å². The van der Waals surface area contributed by atoms with E-state index in [1.165, 1.54) is 6.20 Å². The van der Waals surface area contributed by atoms with Crippen LogP contribution in [0.1, 0.15) is 19.4 Å². The molecule has 0 aromatic heterocycles. The molecule has 0 spiro atoms. The number of carbonyl (C=O) groups is 1. The lowest BCUT2D eigenvalue weighted by Gasteiger charge is -2.17. The van der Waals surface area contributed by atoms with Gasteiger partial charge in [0, 0.05) is 30.9 Å². The fraction of sp³-hybridized carbons (Fsp3) is 0.412. The first kappa shape index (κ1) is 19.0. The first-order valence-electron chi connectivity index (χ1n) is 7.69. The van der Waals surface area contributed by atoms with Crippen LogP contribution in [0.3, 0.4) is 0 Å². The molecule has 6 heteroatoms. The predicted octanol–water partition coefficient (Wildman–Crippen LogP) is 2.30. The van der Waals surface area contributed by atoms with Crippen LogP contribution in [0.15, 0.2) is 36.0 Å². The van der Waals surface area contributed by atoms with Crippen molar-refractivity contribution >= 4 is 17.5 Å². The lowest BCUT2D eigenvalue weighted by Crippen LogP contribution is -2.31. The number of halogens is 1. The average Bonchev–Trinajstić information content (AvgIpc) is 2.57. The molecule has 23 heavy (non-hydrogen) atoms. The summed E-state index contributed by atoms with van der Waals surface area (Å²) in [6.07, 6.45) is 1.47. The van der Waals surface area contributed by atoms with Crippen LogP contribution < -0.4 is 10.6 Å². The second-order valence-electron chi connectivity index (χ2n) is 4.96. The molecule has 0 saturated heterocycles. The summed E-state index contributed by atoms with van der Waals surface area (Å²) in [6.45, 7) is 8.08. The highest BCUT2D eigenvalue weighted by Gasteiger charge is 2.08. The average molecular weight is 335 g/mol. The summed E-state index contributed by atoms with van der Waals surface area (Å²) in [5, 5.41) is 15.5. The summed E-state index contributed by atoms with van der Waals surface area (Å²) in [5.74, 6) is -0.391. The number of amides is 1. The fourth-order valence-corrected chi connectivity index (χ4v) is 2.09. The molecule has 0 aliphatic heterocycles. The molecule has 0 atom stereocenters. The molecule has 0 aliphatic rings. The van der Waals surface area contributed by atoms with Gasteiger partial charge in [-0.25, -0.2) is 0 Å². The van der Waals surface area contributed by atoms with Crippen LogP contribution >= 0.6 is 11.6 Å². The van der Waals surface area contributed by atoms with Gasteiger partial charge in [0.15, 0.2) is 0 Å². The quantitative estimate of drug-likeness (QED) is 0.413. The highest BCUT2D eigenvalue weighted by Crippen LogP contribution is 2.09. The number of likely N-dealkylation sites (N-methyl/N-ethyl adjacent to an activating group) is 1. The third-order valence-electron chi connectivity index (χ3n) is 3.44. The van der Waals surface area contributed by atoms with Crippen LogP contribution in [0, 0.1) is 11.3 Å². The van der Waals surface area contributed by atoms with E-state index in [2.05, 4.69) is 29.4 Å². The summed E-state index contributed by atoms with van der Waals surface area (Å²) >= 11 is 5.81. The molecule has 1 amide bonds. The molecular formula is C17H23ClN4O. The Morgan fingerprint density at radius 3 is 2.52 bits per heavy atom. The van der Waals surface area contributed by atoms with E-state index in [1.54, 1.807) is 12.1 Å². The highest BCUT2D eigenvalue weighted by atomic mass is 35.5. The van der Waals surface area contributed by atoms with Gasteiger partial charge >= 0.3 is 0 Å². The molecule has 0 saturated carbocycles. The van der Waals surface area contributed by atoms with Gasteiger partial charge in [0.2, 0.25) is 0 Å². The molecule has 1 aromatic rings. The van der Waals surface area contributed by atoms with E-state index in [0.717, 1.165) is 25.2 Å². The Bertz CT molecular complexity index is 559. The van der Waals surface area contributed by atoms with Crippen LogP contribution in [-0.2, 0) is 11.3 Å². The molecule has 0 radical (unpaired) electrons. The fourth-order valence-electron chi connectivity index (χ4n) is 1.97. The predicted molar refractivity (Wildman–Crippen MR) is 92.8 cm³/mol. The Kier molecular flexibility index (Phi) is 8.81. The highest BCUT2D eigenvalue weighted by molar-refractivity contribution is 6.30. The molecule has 0 heterocycles. The number of carbonyl (C=O) groups excluding carboxylic acids is 1. The van der Waals surface area contributed by atoms with Crippen LogP contribution in [0.4, 0.5) is 0 Å². The standard InChI is InChI=1S/C17H23ClN4O/c1-3-22(4-2)10-9-20-13-15(11-19)17(23)21-12-14-5-7-16(18)8-6-14/h5-8,13,20H,3-4,9-10,12H2,1-2H3,(H,21,23)/b15-13-. The van der Waals surface area contributed by atoms with E-state index in [9.17, 15) is 4.79 Å². The van der Waals surface area contributed by atoms with Gasteiger partial charge in [-0.05, 0) is 30.8 Å². The molecule has 5 nitrogen and oxygen atoms in total. The number of rotatable bonds is 9. The Hall–Kier alpha value is -2.03. The molecule has 0 unspecified atom stereocenters. The smallest absolute Gasteiger partial charge is 0.263 e. The van der Waals surface area contributed by atoms with E-state index < -0.39 is 5.91 Å².